The molecule has 0 heterocycles. The molecule has 148 valence electrons. The zero-order chi connectivity index (χ0) is 21.0. The van der Waals surface area contributed by atoms with Crippen LogP contribution in [0.4, 0.5) is 11.4 Å². The van der Waals surface area contributed by atoms with Gasteiger partial charge in [0, 0.05) is 12.6 Å². The van der Waals surface area contributed by atoms with E-state index in [0.717, 1.165) is 4.31 Å². The molecule has 1 amide bonds. The zero-order valence-electron chi connectivity index (χ0n) is 15.4. The molecule has 0 radical (unpaired) electrons. The maximum atomic E-state index is 12.7. The molecule has 0 saturated heterocycles. The van der Waals surface area contributed by atoms with E-state index < -0.39 is 21.9 Å². The van der Waals surface area contributed by atoms with Crippen LogP contribution in [-0.2, 0) is 10.0 Å². The van der Waals surface area contributed by atoms with E-state index in [0.29, 0.717) is 5.69 Å². The van der Waals surface area contributed by atoms with Crippen molar-refractivity contribution < 1.29 is 23.1 Å². The third kappa shape index (κ3) is 4.27. The van der Waals surface area contributed by atoms with Crippen LogP contribution in [0.15, 0.2) is 83.8 Å². The first-order valence-corrected chi connectivity index (χ1v) is 10.0. The van der Waals surface area contributed by atoms with Crippen molar-refractivity contribution in [3.8, 4) is 0 Å². The molecule has 3 aromatic rings. The monoisotopic (exact) mass is 410 g/mol. The Hall–Kier alpha value is -3.65. The molecule has 0 saturated carbocycles. The van der Waals surface area contributed by atoms with Gasteiger partial charge in [-0.15, -0.1) is 0 Å². The van der Waals surface area contributed by atoms with Crippen LogP contribution in [0.25, 0.3) is 0 Å². The van der Waals surface area contributed by atoms with Crippen LogP contribution in [0.5, 0.6) is 0 Å². The fourth-order valence-corrected chi connectivity index (χ4v) is 3.90. The second-order valence-corrected chi connectivity index (χ2v) is 8.11. The summed E-state index contributed by atoms with van der Waals surface area (Å²) in [7, 11) is -2.29. The first kappa shape index (κ1) is 20.1. The fourth-order valence-electron chi connectivity index (χ4n) is 2.69. The number of carboxylic acids is 1. The minimum absolute atomic E-state index is 0.0221. The van der Waals surface area contributed by atoms with Crippen molar-refractivity contribution in [1.29, 1.82) is 0 Å². The Morgan fingerprint density at radius 2 is 1.45 bits per heavy atom. The van der Waals surface area contributed by atoms with Crippen LogP contribution < -0.4 is 9.62 Å². The summed E-state index contributed by atoms with van der Waals surface area (Å²) in [6.07, 6.45) is 0. The van der Waals surface area contributed by atoms with E-state index in [4.69, 9.17) is 0 Å². The number of carbonyl (C=O) groups excluding carboxylic acids is 1. The number of sulfonamides is 1. The molecule has 29 heavy (non-hydrogen) atoms. The average Bonchev–Trinajstić information content (AvgIpc) is 2.74. The van der Waals surface area contributed by atoms with E-state index in [1.54, 1.807) is 30.3 Å². The maximum absolute atomic E-state index is 12.7. The third-order valence-electron chi connectivity index (χ3n) is 4.30. The van der Waals surface area contributed by atoms with Crippen molar-refractivity contribution in [1.82, 2.24) is 0 Å². The van der Waals surface area contributed by atoms with Gasteiger partial charge in [0.25, 0.3) is 15.9 Å². The number of benzene rings is 3. The Balaban J connectivity index is 1.80. The van der Waals surface area contributed by atoms with Crippen molar-refractivity contribution >= 4 is 33.3 Å². The van der Waals surface area contributed by atoms with Gasteiger partial charge >= 0.3 is 5.97 Å². The minimum Gasteiger partial charge on any atom is -0.478 e. The van der Waals surface area contributed by atoms with Crippen molar-refractivity contribution in [2.24, 2.45) is 0 Å². The normalized spacial score (nSPS) is 10.9. The molecule has 0 aliphatic heterocycles. The summed E-state index contributed by atoms with van der Waals surface area (Å²) in [6, 6.07) is 20.1. The van der Waals surface area contributed by atoms with Crippen molar-refractivity contribution in [3.63, 3.8) is 0 Å². The molecule has 3 aromatic carbocycles. The number of aromatic carboxylic acids is 1. The molecule has 0 bridgehead atoms. The van der Waals surface area contributed by atoms with Gasteiger partial charge in [-0.1, -0.05) is 30.3 Å². The molecule has 0 aromatic heterocycles. The highest BCUT2D eigenvalue weighted by Gasteiger charge is 2.21. The topological polar surface area (TPSA) is 104 Å². The van der Waals surface area contributed by atoms with E-state index in [9.17, 15) is 23.1 Å². The number of hydrogen-bond acceptors (Lipinski definition) is 4. The van der Waals surface area contributed by atoms with Gasteiger partial charge in [-0.05, 0) is 48.5 Å². The van der Waals surface area contributed by atoms with Crippen molar-refractivity contribution in [3.05, 3.63) is 90.0 Å². The molecule has 0 aliphatic rings. The van der Waals surface area contributed by atoms with Crippen LogP contribution in [-0.4, -0.2) is 32.4 Å². The van der Waals surface area contributed by atoms with Crippen LogP contribution in [0.3, 0.4) is 0 Å². The summed E-state index contributed by atoms with van der Waals surface area (Å²) in [4.78, 5) is 23.9. The van der Waals surface area contributed by atoms with E-state index in [1.165, 1.54) is 55.6 Å². The molecule has 0 fully saturated rings. The predicted octanol–water partition coefficient (Wildman–Crippen LogP) is 3.46. The summed E-state index contributed by atoms with van der Waals surface area (Å²) in [5.74, 6) is -1.65. The Labute approximate surface area is 168 Å². The van der Waals surface area contributed by atoms with Gasteiger partial charge in [0.2, 0.25) is 0 Å². The standard InChI is InChI=1S/C21H18N2O5S/c1-23(29(27,28)17-7-3-2-4-8-17)16-13-11-15(12-14-16)20(24)22-19-10-6-5-9-18(19)21(25)26/h2-14H,1H3,(H,22,24)(H,25,26). The number of para-hydroxylation sites is 1. The number of amides is 1. The highest BCUT2D eigenvalue weighted by Crippen LogP contribution is 2.23. The number of rotatable bonds is 6. The summed E-state index contributed by atoms with van der Waals surface area (Å²) >= 11 is 0. The average molecular weight is 410 g/mol. The Morgan fingerprint density at radius 1 is 0.862 bits per heavy atom. The van der Waals surface area contributed by atoms with E-state index in [1.807, 2.05) is 0 Å². The number of nitrogens with zero attached hydrogens (tertiary/aromatic N) is 1. The molecular weight excluding hydrogens is 392 g/mol. The third-order valence-corrected chi connectivity index (χ3v) is 6.10. The smallest absolute Gasteiger partial charge is 0.337 e. The first-order chi connectivity index (χ1) is 13.8. The lowest BCUT2D eigenvalue weighted by atomic mass is 10.1. The SMILES string of the molecule is CN(c1ccc(C(=O)Nc2ccccc2C(=O)O)cc1)S(=O)(=O)c1ccccc1. The fraction of sp³-hybridized carbons (Fsp3) is 0.0476. The largest absolute Gasteiger partial charge is 0.478 e. The van der Waals surface area contributed by atoms with Crippen LogP contribution >= 0.6 is 0 Å². The van der Waals surface area contributed by atoms with Gasteiger partial charge in [0.15, 0.2) is 0 Å². The van der Waals surface area contributed by atoms with E-state index in [-0.39, 0.29) is 21.7 Å². The highest BCUT2D eigenvalue weighted by atomic mass is 32.2. The van der Waals surface area contributed by atoms with E-state index in [2.05, 4.69) is 5.32 Å². The lowest BCUT2D eigenvalue weighted by molar-refractivity contribution is 0.0698. The molecule has 0 aliphatic carbocycles. The Kier molecular flexibility index (Phi) is 5.65. The van der Waals surface area contributed by atoms with Gasteiger partial charge in [-0.2, -0.15) is 0 Å². The molecule has 0 spiro atoms. The molecule has 0 unspecified atom stereocenters. The highest BCUT2D eigenvalue weighted by molar-refractivity contribution is 7.92. The number of carboxylic acid groups (broad SMARTS) is 1. The number of nitrogens with one attached hydrogen (secondary N) is 1. The molecule has 8 heteroatoms. The van der Waals surface area contributed by atoms with Crippen LogP contribution in [0, 0.1) is 0 Å². The minimum atomic E-state index is -3.72. The predicted molar refractivity (Wildman–Crippen MR) is 110 cm³/mol. The first-order valence-electron chi connectivity index (χ1n) is 8.58. The summed E-state index contributed by atoms with van der Waals surface area (Å²) in [5.41, 5.74) is 0.805. The van der Waals surface area contributed by atoms with Gasteiger partial charge < -0.3 is 10.4 Å². The summed E-state index contributed by atoms with van der Waals surface area (Å²) in [5, 5.41) is 11.8. The molecule has 3 rings (SSSR count). The molecular formula is C21H18N2O5S. The van der Waals surface area contributed by atoms with Gasteiger partial charge in [-0.3, -0.25) is 9.10 Å². The molecule has 0 atom stereocenters. The maximum Gasteiger partial charge on any atom is 0.337 e. The summed E-state index contributed by atoms with van der Waals surface area (Å²) < 4.78 is 26.5. The summed E-state index contributed by atoms with van der Waals surface area (Å²) in [6.45, 7) is 0. The van der Waals surface area contributed by atoms with Crippen LogP contribution in [0.1, 0.15) is 20.7 Å². The zero-order valence-corrected chi connectivity index (χ0v) is 16.3. The van der Waals surface area contributed by atoms with Crippen molar-refractivity contribution in [2.45, 2.75) is 4.90 Å². The lowest BCUT2D eigenvalue weighted by Crippen LogP contribution is -2.26. The second-order valence-electron chi connectivity index (χ2n) is 6.14. The molecule has 7 nitrogen and oxygen atoms in total. The quantitative estimate of drug-likeness (QED) is 0.648. The van der Waals surface area contributed by atoms with Gasteiger partial charge in [0.05, 0.1) is 21.8 Å². The Bertz CT molecular complexity index is 1140. The van der Waals surface area contributed by atoms with E-state index >= 15 is 0 Å². The lowest BCUT2D eigenvalue weighted by Gasteiger charge is -2.19. The van der Waals surface area contributed by atoms with Crippen LogP contribution in [0.2, 0.25) is 0 Å². The van der Waals surface area contributed by atoms with Gasteiger partial charge in [-0.25, -0.2) is 13.2 Å². The molecule has 2 N–H and O–H groups in total. The number of hydrogen-bond donors (Lipinski definition) is 2. The number of carbonyl (C=O) groups is 2. The van der Waals surface area contributed by atoms with Crippen molar-refractivity contribution in [2.75, 3.05) is 16.7 Å². The second kappa shape index (κ2) is 8.15. The van der Waals surface area contributed by atoms with Gasteiger partial charge in [0.1, 0.15) is 0 Å². The number of anilines is 2. The Morgan fingerprint density at radius 3 is 2.07 bits per heavy atom.